The first-order valence-electron chi connectivity index (χ1n) is 4.81. The fourth-order valence-corrected chi connectivity index (χ4v) is 1.28. The van der Waals surface area contributed by atoms with Gasteiger partial charge in [-0.2, -0.15) is 0 Å². The predicted molar refractivity (Wildman–Crippen MR) is 56.8 cm³/mol. The summed E-state index contributed by atoms with van der Waals surface area (Å²) in [6.45, 7) is 2.72. The Bertz CT molecular complexity index is 350. The summed E-state index contributed by atoms with van der Waals surface area (Å²) in [6.07, 6.45) is 0.0899. The molecule has 0 spiro atoms. The highest BCUT2D eigenvalue weighted by atomic mass is 16.4. The summed E-state index contributed by atoms with van der Waals surface area (Å²) in [5.74, 6) is -0.545. The third kappa shape index (κ3) is 3.59. The zero-order valence-electron chi connectivity index (χ0n) is 8.66. The molecule has 1 rings (SSSR count). The Morgan fingerprint density at radius 3 is 2.87 bits per heavy atom. The Morgan fingerprint density at radius 2 is 2.20 bits per heavy atom. The molecule has 0 atom stereocenters. The lowest BCUT2D eigenvalue weighted by Crippen LogP contribution is -2.17. The minimum atomic E-state index is -0.823. The molecule has 0 aliphatic heterocycles. The number of phenolic OH excluding ortho intramolecular Hbond substituents is 1. The van der Waals surface area contributed by atoms with E-state index in [4.69, 9.17) is 5.11 Å². The number of para-hydroxylation sites is 1. The Labute approximate surface area is 88.6 Å². The maximum atomic E-state index is 10.2. The van der Waals surface area contributed by atoms with Gasteiger partial charge in [0.1, 0.15) is 5.75 Å². The monoisotopic (exact) mass is 209 g/mol. The van der Waals surface area contributed by atoms with Crippen molar-refractivity contribution >= 4 is 5.97 Å². The van der Waals surface area contributed by atoms with Crippen LogP contribution in [0.5, 0.6) is 5.75 Å². The molecule has 82 valence electrons. The summed E-state index contributed by atoms with van der Waals surface area (Å²) in [6, 6.07) is 5.51. The van der Waals surface area contributed by atoms with E-state index in [2.05, 4.69) is 5.32 Å². The number of hydrogen-bond acceptors (Lipinski definition) is 3. The van der Waals surface area contributed by atoms with Gasteiger partial charge in [-0.3, -0.25) is 4.79 Å². The first kappa shape index (κ1) is 11.5. The van der Waals surface area contributed by atoms with Gasteiger partial charge in [0.05, 0.1) is 6.42 Å². The second kappa shape index (κ2) is 5.36. The summed E-state index contributed by atoms with van der Waals surface area (Å²) in [7, 11) is 0. The van der Waals surface area contributed by atoms with Gasteiger partial charge in [-0.05, 0) is 12.5 Å². The second-order valence-corrected chi connectivity index (χ2v) is 3.40. The van der Waals surface area contributed by atoms with E-state index in [1.165, 1.54) is 0 Å². The van der Waals surface area contributed by atoms with E-state index in [0.29, 0.717) is 13.1 Å². The summed E-state index contributed by atoms with van der Waals surface area (Å²) >= 11 is 0. The fraction of sp³-hybridized carbons (Fsp3) is 0.364. The smallest absolute Gasteiger partial charge is 0.304 e. The predicted octanol–water partition coefficient (Wildman–Crippen LogP) is 1.26. The number of aryl methyl sites for hydroxylation is 1. The Hall–Kier alpha value is -1.55. The van der Waals surface area contributed by atoms with Crippen molar-refractivity contribution in [3.8, 4) is 5.75 Å². The van der Waals surface area contributed by atoms with Crippen LogP contribution in [0.4, 0.5) is 0 Å². The van der Waals surface area contributed by atoms with Gasteiger partial charge in [0.2, 0.25) is 0 Å². The molecule has 0 aliphatic carbocycles. The quantitative estimate of drug-likeness (QED) is 0.639. The third-order valence-corrected chi connectivity index (χ3v) is 2.15. The molecule has 4 nitrogen and oxygen atoms in total. The number of benzene rings is 1. The minimum Gasteiger partial charge on any atom is -0.507 e. The summed E-state index contributed by atoms with van der Waals surface area (Å²) in [5.41, 5.74) is 1.62. The molecule has 0 fully saturated rings. The molecule has 0 heterocycles. The van der Waals surface area contributed by atoms with E-state index in [1.807, 2.05) is 25.1 Å². The highest BCUT2D eigenvalue weighted by Crippen LogP contribution is 2.20. The Morgan fingerprint density at radius 1 is 1.47 bits per heavy atom. The van der Waals surface area contributed by atoms with Gasteiger partial charge in [0, 0.05) is 18.7 Å². The van der Waals surface area contributed by atoms with Gasteiger partial charge < -0.3 is 15.5 Å². The van der Waals surface area contributed by atoms with Crippen molar-refractivity contribution in [3.63, 3.8) is 0 Å². The summed E-state index contributed by atoms with van der Waals surface area (Å²) in [5, 5.41) is 21.0. The zero-order valence-corrected chi connectivity index (χ0v) is 8.66. The SMILES string of the molecule is Cc1cccc(CNCCC(=O)O)c1O. The van der Waals surface area contributed by atoms with Gasteiger partial charge in [-0.1, -0.05) is 18.2 Å². The van der Waals surface area contributed by atoms with E-state index in [1.54, 1.807) is 0 Å². The maximum absolute atomic E-state index is 10.2. The van der Waals surface area contributed by atoms with E-state index in [9.17, 15) is 9.90 Å². The lowest BCUT2D eigenvalue weighted by molar-refractivity contribution is -0.136. The molecule has 0 aromatic heterocycles. The number of rotatable bonds is 5. The lowest BCUT2D eigenvalue weighted by Gasteiger charge is -2.07. The van der Waals surface area contributed by atoms with Gasteiger partial charge in [0.25, 0.3) is 0 Å². The second-order valence-electron chi connectivity index (χ2n) is 3.40. The molecule has 0 saturated heterocycles. The molecular formula is C11H15NO3. The molecule has 1 aromatic rings. The Kier molecular flexibility index (Phi) is 4.12. The van der Waals surface area contributed by atoms with Crippen molar-refractivity contribution in [2.45, 2.75) is 19.9 Å². The number of carboxylic acids is 1. The summed E-state index contributed by atoms with van der Waals surface area (Å²) < 4.78 is 0. The van der Waals surface area contributed by atoms with Gasteiger partial charge in [-0.25, -0.2) is 0 Å². The zero-order chi connectivity index (χ0) is 11.3. The van der Waals surface area contributed by atoms with Crippen LogP contribution in [0.2, 0.25) is 0 Å². The molecule has 0 saturated carbocycles. The average Bonchev–Trinajstić information content (AvgIpc) is 2.18. The van der Waals surface area contributed by atoms with Crippen LogP contribution in [-0.4, -0.2) is 22.7 Å². The van der Waals surface area contributed by atoms with Crippen molar-refractivity contribution < 1.29 is 15.0 Å². The van der Waals surface area contributed by atoms with Crippen LogP contribution < -0.4 is 5.32 Å². The number of carboxylic acid groups (broad SMARTS) is 1. The largest absolute Gasteiger partial charge is 0.507 e. The lowest BCUT2D eigenvalue weighted by atomic mass is 10.1. The number of hydrogen-bond donors (Lipinski definition) is 3. The number of nitrogens with one attached hydrogen (secondary N) is 1. The molecule has 0 radical (unpaired) electrons. The molecule has 3 N–H and O–H groups in total. The normalized spacial score (nSPS) is 10.2. The van der Waals surface area contributed by atoms with Gasteiger partial charge in [0.15, 0.2) is 0 Å². The van der Waals surface area contributed by atoms with Crippen LogP contribution in [0, 0.1) is 6.92 Å². The number of phenols is 1. The van der Waals surface area contributed by atoms with Gasteiger partial charge >= 0.3 is 5.97 Å². The van der Waals surface area contributed by atoms with Crippen molar-refractivity contribution in [2.75, 3.05) is 6.54 Å². The standard InChI is InChI=1S/C11H15NO3/c1-8-3-2-4-9(11(8)15)7-12-6-5-10(13)14/h2-4,12,15H,5-7H2,1H3,(H,13,14). The third-order valence-electron chi connectivity index (χ3n) is 2.15. The maximum Gasteiger partial charge on any atom is 0.304 e. The van der Waals surface area contributed by atoms with Crippen LogP contribution in [0.25, 0.3) is 0 Å². The molecule has 1 aromatic carbocycles. The number of aliphatic carboxylic acids is 1. The highest BCUT2D eigenvalue weighted by Gasteiger charge is 2.03. The molecule has 0 bridgehead atoms. The van der Waals surface area contributed by atoms with Crippen LogP contribution >= 0.6 is 0 Å². The van der Waals surface area contributed by atoms with Crippen molar-refractivity contribution in [1.82, 2.24) is 5.32 Å². The molecule has 15 heavy (non-hydrogen) atoms. The van der Waals surface area contributed by atoms with Gasteiger partial charge in [-0.15, -0.1) is 0 Å². The van der Waals surface area contributed by atoms with E-state index < -0.39 is 5.97 Å². The molecule has 4 heteroatoms. The molecule has 0 aliphatic rings. The first-order valence-corrected chi connectivity index (χ1v) is 4.81. The number of carbonyl (C=O) groups is 1. The molecular weight excluding hydrogens is 194 g/mol. The minimum absolute atomic E-state index is 0.0899. The topological polar surface area (TPSA) is 69.6 Å². The van der Waals surface area contributed by atoms with Crippen molar-refractivity contribution in [2.24, 2.45) is 0 Å². The first-order chi connectivity index (χ1) is 7.11. The van der Waals surface area contributed by atoms with E-state index in [-0.39, 0.29) is 12.2 Å². The molecule has 0 amide bonds. The summed E-state index contributed by atoms with van der Waals surface area (Å²) in [4.78, 5) is 10.2. The van der Waals surface area contributed by atoms with Crippen LogP contribution in [0.1, 0.15) is 17.5 Å². The fourth-order valence-electron chi connectivity index (χ4n) is 1.28. The van der Waals surface area contributed by atoms with Crippen LogP contribution in [0.15, 0.2) is 18.2 Å². The van der Waals surface area contributed by atoms with Crippen molar-refractivity contribution in [3.05, 3.63) is 29.3 Å². The highest BCUT2D eigenvalue weighted by molar-refractivity contribution is 5.66. The van der Waals surface area contributed by atoms with E-state index in [0.717, 1.165) is 11.1 Å². The Balaban J connectivity index is 2.44. The van der Waals surface area contributed by atoms with Crippen molar-refractivity contribution in [1.29, 1.82) is 0 Å². The average molecular weight is 209 g/mol. The number of aromatic hydroxyl groups is 1. The van der Waals surface area contributed by atoms with E-state index >= 15 is 0 Å². The molecule has 0 unspecified atom stereocenters. The van der Waals surface area contributed by atoms with Crippen LogP contribution in [-0.2, 0) is 11.3 Å². The van der Waals surface area contributed by atoms with Crippen LogP contribution in [0.3, 0.4) is 0 Å².